The minimum Gasteiger partial charge on any atom is -0.357 e. The van der Waals surface area contributed by atoms with Gasteiger partial charge < -0.3 is 20.1 Å². The highest BCUT2D eigenvalue weighted by Crippen LogP contribution is 2.27. The normalized spacial score (nSPS) is 13.1. The highest BCUT2D eigenvalue weighted by molar-refractivity contribution is 14.0. The van der Waals surface area contributed by atoms with Crippen LogP contribution in [0, 0.1) is 0 Å². The van der Waals surface area contributed by atoms with E-state index in [2.05, 4.69) is 34.0 Å². The summed E-state index contributed by atoms with van der Waals surface area (Å²) >= 11 is 0. The van der Waals surface area contributed by atoms with Crippen molar-refractivity contribution < 1.29 is 4.79 Å². The average molecular weight is 495 g/mol. The second-order valence-corrected chi connectivity index (χ2v) is 6.83. The number of guanidine groups is 1. The largest absolute Gasteiger partial charge is 0.357 e. The highest BCUT2D eigenvalue weighted by Gasteiger charge is 2.23. The van der Waals surface area contributed by atoms with Crippen molar-refractivity contribution in [2.45, 2.75) is 32.7 Å². The minimum atomic E-state index is 0. The molecule has 0 bridgehead atoms. The van der Waals surface area contributed by atoms with Crippen molar-refractivity contribution in [3.8, 4) is 0 Å². The van der Waals surface area contributed by atoms with Crippen molar-refractivity contribution in [1.82, 2.24) is 15.2 Å². The van der Waals surface area contributed by atoms with Crippen LogP contribution in [-0.2, 0) is 24.8 Å². The van der Waals surface area contributed by atoms with E-state index >= 15 is 0 Å². The maximum absolute atomic E-state index is 12.5. The van der Waals surface area contributed by atoms with Gasteiger partial charge in [0.05, 0.1) is 6.54 Å². The number of para-hydroxylation sites is 1. The first-order chi connectivity index (χ1) is 13.2. The minimum absolute atomic E-state index is 0. The van der Waals surface area contributed by atoms with Gasteiger partial charge in [0.1, 0.15) is 0 Å². The number of anilines is 1. The molecule has 0 aliphatic carbocycles. The standard InChI is InChI=1S/C21H29N5O.HI/c1-3-22-21(24-15-17-10-13-25(2)16-17)23-12-6-9-20(27)26-14-11-18-7-4-5-8-19(18)26;/h4-5,7-8,10,13,16H,3,6,9,11-12,14-15H2,1-2H3,(H2,22,23,24);1H. The molecule has 1 aliphatic rings. The van der Waals surface area contributed by atoms with E-state index in [1.54, 1.807) is 0 Å². The Morgan fingerprint density at radius 1 is 1.21 bits per heavy atom. The fourth-order valence-electron chi connectivity index (χ4n) is 3.35. The van der Waals surface area contributed by atoms with Crippen molar-refractivity contribution in [2.24, 2.45) is 12.0 Å². The monoisotopic (exact) mass is 495 g/mol. The van der Waals surface area contributed by atoms with Gasteiger partial charge in [0, 0.05) is 51.2 Å². The SMILES string of the molecule is CCNC(=NCc1ccn(C)c1)NCCCC(=O)N1CCc2ccccc21.I. The van der Waals surface area contributed by atoms with E-state index in [4.69, 9.17) is 0 Å². The Morgan fingerprint density at radius 2 is 2.04 bits per heavy atom. The maximum atomic E-state index is 12.5. The summed E-state index contributed by atoms with van der Waals surface area (Å²) in [5.41, 5.74) is 3.53. The molecule has 6 nitrogen and oxygen atoms in total. The van der Waals surface area contributed by atoms with Crippen LogP contribution in [0.25, 0.3) is 0 Å². The fraction of sp³-hybridized carbons (Fsp3) is 0.429. The van der Waals surface area contributed by atoms with Gasteiger partial charge in [-0.05, 0) is 43.0 Å². The molecule has 2 heterocycles. The summed E-state index contributed by atoms with van der Waals surface area (Å²) in [5, 5.41) is 6.58. The third-order valence-corrected chi connectivity index (χ3v) is 4.71. The zero-order valence-corrected chi connectivity index (χ0v) is 19.0. The lowest BCUT2D eigenvalue weighted by atomic mass is 10.2. The molecule has 0 radical (unpaired) electrons. The van der Waals surface area contributed by atoms with Gasteiger partial charge in [0.2, 0.25) is 5.91 Å². The predicted molar refractivity (Wildman–Crippen MR) is 125 cm³/mol. The van der Waals surface area contributed by atoms with Crippen LogP contribution in [0.2, 0.25) is 0 Å². The number of fused-ring (bicyclic) bond motifs is 1. The number of benzene rings is 1. The van der Waals surface area contributed by atoms with Gasteiger partial charge in [-0.3, -0.25) is 4.79 Å². The van der Waals surface area contributed by atoms with Crippen molar-refractivity contribution >= 4 is 41.5 Å². The molecule has 0 spiro atoms. The molecule has 1 amide bonds. The second-order valence-electron chi connectivity index (χ2n) is 6.83. The van der Waals surface area contributed by atoms with Gasteiger partial charge in [-0.25, -0.2) is 4.99 Å². The fourth-order valence-corrected chi connectivity index (χ4v) is 3.35. The van der Waals surface area contributed by atoms with Crippen molar-refractivity contribution in [1.29, 1.82) is 0 Å². The van der Waals surface area contributed by atoms with Gasteiger partial charge in [-0.15, -0.1) is 24.0 Å². The number of carbonyl (C=O) groups is 1. The van der Waals surface area contributed by atoms with Crippen molar-refractivity contribution in [2.75, 3.05) is 24.5 Å². The van der Waals surface area contributed by atoms with Crippen LogP contribution in [0.5, 0.6) is 0 Å². The summed E-state index contributed by atoms with van der Waals surface area (Å²) in [4.78, 5) is 19.1. The van der Waals surface area contributed by atoms with E-state index in [0.29, 0.717) is 13.0 Å². The molecule has 2 aromatic rings. The lowest BCUT2D eigenvalue weighted by molar-refractivity contribution is -0.118. The zero-order valence-electron chi connectivity index (χ0n) is 16.6. The summed E-state index contributed by atoms with van der Waals surface area (Å²) in [5.74, 6) is 0.994. The average Bonchev–Trinajstić information content (AvgIpc) is 3.29. The molecule has 152 valence electrons. The number of hydrogen-bond acceptors (Lipinski definition) is 2. The van der Waals surface area contributed by atoms with E-state index < -0.39 is 0 Å². The molecule has 0 unspecified atom stereocenters. The van der Waals surface area contributed by atoms with Gasteiger partial charge in [0.25, 0.3) is 0 Å². The number of carbonyl (C=O) groups excluding carboxylic acids is 1. The molecule has 1 aromatic heterocycles. The number of aryl methyl sites for hydroxylation is 1. The first-order valence-corrected chi connectivity index (χ1v) is 9.68. The van der Waals surface area contributed by atoms with Gasteiger partial charge >= 0.3 is 0 Å². The van der Waals surface area contributed by atoms with Gasteiger partial charge in [0.15, 0.2) is 5.96 Å². The summed E-state index contributed by atoms with van der Waals surface area (Å²) < 4.78 is 2.02. The molecule has 1 aromatic carbocycles. The number of amides is 1. The van der Waals surface area contributed by atoms with E-state index in [0.717, 1.165) is 44.1 Å². The number of halogens is 1. The summed E-state index contributed by atoms with van der Waals surface area (Å²) in [6, 6.07) is 10.2. The molecule has 0 atom stereocenters. The molecule has 2 N–H and O–H groups in total. The Bertz CT molecular complexity index is 802. The smallest absolute Gasteiger partial charge is 0.227 e. The first kappa shape index (κ1) is 22.3. The first-order valence-electron chi connectivity index (χ1n) is 9.68. The summed E-state index contributed by atoms with van der Waals surface area (Å²) in [6.07, 6.45) is 6.37. The quantitative estimate of drug-likeness (QED) is 0.269. The van der Waals surface area contributed by atoms with E-state index in [-0.39, 0.29) is 29.9 Å². The Morgan fingerprint density at radius 3 is 2.79 bits per heavy atom. The third kappa shape index (κ3) is 5.98. The molecule has 28 heavy (non-hydrogen) atoms. The van der Waals surface area contributed by atoms with Crippen LogP contribution < -0.4 is 15.5 Å². The van der Waals surface area contributed by atoms with E-state index in [9.17, 15) is 4.79 Å². The van der Waals surface area contributed by atoms with Crippen LogP contribution in [0.3, 0.4) is 0 Å². The summed E-state index contributed by atoms with van der Waals surface area (Å²) in [7, 11) is 2.01. The number of nitrogens with zero attached hydrogens (tertiary/aromatic N) is 3. The van der Waals surface area contributed by atoms with Gasteiger partial charge in [-0.1, -0.05) is 18.2 Å². The topological polar surface area (TPSA) is 61.7 Å². The number of nitrogens with one attached hydrogen (secondary N) is 2. The van der Waals surface area contributed by atoms with Crippen LogP contribution in [0.4, 0.5) is 5.69 Å². The number of aliphatic imine (C=N–C) groups is 1. The molecular formula is C21H30IN5O. The second kappa shape index (κ2) is 11.1. The van der Waals surface area contributed by atoms with E-state index in [1.165, 1.54) is 11.1 Å². The van der Waals surface area contributed by atoms with Crippen molar-refractivity contribution in [3.05, 3.63) is 53.9 Å². The number of aromatic nitrogens is 1. The molecule has 3 rings (SSSR count). The zero-order chi connectivity index (χ0) is 19.1. The predicted octanol–water partition coefficient (Wildman–Crippen LogP) is 3.07. The van der Waals surface area contributed by atoms with E-state index in [1.807, 2.05) is 47.8 Å². The van der Waals surface area contributed by atoms with Crippen LogP contribution in [-0.4, -0.2) is 36.1 Å². The lowest BCUT2D eigenvalue weighted by Crippen LogP contribution is -2.38. The number of hydrogen-bond donors (Lipinski definition) is 2. The summed E-state index contributed by atoms with van der Waals surface area (Å²) in [6.45, 7) is 5.02. The maximum Gasteiger partial charge on any atom is 0.227 e. The molecule has 0 fully saturated rings. The molecule has 0 saturated carbocycles. The Balaban J connectivity index is 0.00000280. The molecule has 0 saturated heterocycles. The Labute approximate surface area is 184 Å². The number of rotatable bonds is 7. The molecule has 7 heteroatoms. The molecule has 1 aliphatic heterocycles. The van der Waals surface area contributed by atoms with Gasteiger partial charge in [-0.2, -0.15) is 0 Å². The Hall–Kier alpha value is -2.03. The van der Waals surface area contributed by atoms with Crippen LogP contribution >= 0.6 is 24.0 Å². The van der Waals surface area contributed by atoms with Crippen LogP contribution in [0.15, 0.2) is 47.7 Å². The third-order valence-electron chi connectivity index (χ3n) is 4.71. The lowest BCUT2D eigenvalue weighted by Gasteiger charge is -2.17. The molecular weight excluding hydrogens is 465 g/mol. The van der Waals surface area contributed by atoms with Crippen LogP contribution in [0.1, 0.15) is 30.9 Å². The Kier molecular flexibility index (Phi) is 8.82. The highest BCUT2D eigenvalue weighted by atomic mass is 127. The van der Waals surface area contributed by atoms with Crippen molar-refractivity contribution in [3.63, 3.8) is 0 Å².